The molecule has 0 spiro atoms. The van der Waals surface area contributed by atoms with Gasteiger partial charge in [-0.2, -0.15) is 0 Å². The maximum atomic E-state index is 13.1. The lowest BCUT2D eigenvalue weighted by atomic mass is 9.95. The van der Waals surface area contributed by atoms with Crippen molar-refractivity contribution in [3.63, 3.8) is 0 Å². The van der Waals surface area contributed by atoms with Crippen molar-refractivity contribution >= 4 is 11.6 Å². The summed E-state index contributed by atoms with van der Waals surface area (Å²) in [5.74, 6) is -0.560. The number of anilines is 1. The van der Waals surface area contributed by atoms with Crippen molar-refractivity contribution in [1.82, 2.24) is 5.32 Å². The van der Waals surface area contributed by atoms with Crippen LogP contribution in [0.3, 0.4) is 0 Å². The predicted molar refractivity (Wildman–Crippen MR) is 76.2 cm³/mol. The molecule has 1 amide bonds. The van der Waals surface area contributed by atoms with E-state index in [0.29, 0.717) is 17.8 Å². The Morgan fingerprint density at radius 3 is 2.90 bits per heavy atom. The molecule has 0 bridgehead atoms. The Morgan fingerprint density at radius 1 is 1.20 bits per heavy atom. The molecule has 4 heteroatoms. The molecule has 0 unspecified atom stereocenters. The molecular formula is C16H15FN2O. The van der Waals surface area contributed by atoms with Gasteiger partial charge in [-0.1, -0.05) is 18.2 Å². The summed E-state index contributed by atoms with van der Waals surface area (Å²) in [5.41, 5.74) is 3.36. The summed E-state index contributed by atoms with van der Waals surface area (Å²) < 4.78 is 13.1. The van der Waals surface area contributed by atoms with E-state index < -0.39 is 0 Å². The molecule has 1 aliphatic heterocycles. The maximum absolute atomic E-state index is 13.1. The van der Waals surface area contributed by atoms with Gasteiger partial charge in [0.05, 0.1) is 0 Å². The van der Waals surface area contributed by atoms with Gasteiger partial charge in [0, 0.05) is 17.8 Å². The molecule has 2 aromatic rings. The van der Waals surface area contributed by atoms with Gasteiger partial charge in [0.25, 0.3) is 5.91 Å². The van der Waals surface area contributed by atoms with E-state index in [4.69, 9.17) is 0 Å². The van der Waals surface area contributed by atoms with Gasteiger partial charge in [-0.05, 0) is 48.4 Å². The highest BCUT2D eigenvalue weighted by molar-refractivity contribution is 6.05. The molecule has 0 aliphatic carbocycles. The van der Waals surface area contributed by atoms with Crippen LogP contribution in [-0.2, 0) is 13.0 Å². The van der Waals surface area contributed by atoms with Crippen LogP contribution in [-0.4, -0.2) is 12.5 Å². The van der Waals surface area contributed by atoms with Crippen molar-refractivity contribution in [3.8, 4) is 0 Å². The fourth-order valence-electron chi connectivity index (χ4n) is 2.49. The first-order chi connectivity index (χ1) is 9.74. The summed E-state index contributed by atoms with van der Waals surface area (Å²) >= 11 is 0. The average molecular weight is 270 g/mol. The van der Waals surface area contributed by atoms with Gasteiger partial charge < -0.3 is 10.6 Å². The third-order valence-electron chi connectivity index (χ3n) is 3.47. The highest BCUT2D eigenvalue weighted by Crippen LogP contribution is 2.20. The van der Waals surface area contributed by atoms with E-state index >= 15 is 0 Å². The van der Waals surface area contributed by atoms with E-state index in [1.54, 1.807) is 18.2 Å². The van der Waals surface area contributed by atoms with Crippen LogP contribution in [0.2, 0.25) is 0 Å². The van der Waals surface area contributed by atoms with Crippen molar-refractivity contribution in [2.24, 2.45) is 0 Å². The largest absolute Gasteiger partial charge is 0.322 e. The minimum absolute atomic E-state index is 0.198. The number of hydrogen-bond acceptors (Lipinski definition) is 2. The van der Waals surface area contributed by atoms with Crippen LogP contribution in [0, 0.1) is 5.82 Å². The van der Waals surface area contributed by atoms with Gasteiger partial charge in [0.1, 0.15) is 5.82 Å². The smallest absolute Gasteiger partial charge is 0.256 e. The molecule has 3 nitrogen and oxygen atoms in total. The molecule has 2 N–H and O–H groups in total. The highest BCUT2D eigenvalue weighted by atomic mass is 19.1. The van der Waals surface area contributed by atoms with E-state index in [0.717, 1.165) is 18.5 Å². The number of halogens is 1. The molecule has 102 valence electrons. The highest BCUT2D eigenvalue weighted by Gasteiger charge is 2.17. The zero-order valence-corrected chi connectivity index (χ0v) is 10.9. The summed E-state index contributed by atoms with van der Waals surface area (Å²) in [5, 5.41) is 6.01. The third kappa shape index (κ3) is 2.56. The van der Waals surface area contributed by atoms with Crippen LogP contribution >= 0.6 is 0 Å². The molecule has 0 fully saturated rings. The summed E-state index contributed by atoms with van der Waals surface area (Å²) in [6, 6.07) is 11.7. The summed E-state index contributed by atoms with van der Waals surface area (Å²) in [6.45, 7) is 1.63. The lowest BCUT2D eigenvalue weighted by molar-refractivity contribution is 0.102. The van der Waals surface area contributed by atoms with Gasteiger partial charge in [0.15, 0.2) is 0 Å². The number of rotatable bonds is 2. The molecule has 20 heavy (non-hydrogen) atoms. The van der Waals surface area contributed by atoms with Crippen molar-refractivity contribution in [2.75, 3.05) is 11.9 Å². The Hall–Kier alpha value is -2.20. The van der Waals surface area contributed by atoms with E-state index in [2.05, 4.69) is 16.7 Å². The van der Waals surface area contributed by atoms with Crippen LogP contribution in [0.25, 0.3) is 0 Å². The minimum atomic E-state index is -0.362. The van der Waals surface area contributed by atoms with Crippen LogP contribution < -0.4 is 10.6 Å². The number of carbonyl (C=O) groups excluding carboxylic acids is 1. The first-order valence-electron chi connectivity index (χ1n) is 6.62. The Kier molecular flexibility index (Phi) is 3.48. The van der Waals surface area contributed by atoms with Crippen molar-refractivity contribution in [2.45, 2.75) is 13.0 Å². The summed E-state index contributed by atoms with van der Waals surface area (Å²) in [6.07, 6.45) is 0.927. The Balaban J connectivity index is 1.88. The fraction of sp³-hybridized carbons (Fsp3) is 0.188. The van der Waals surface area contributed by atoms with Gasteiger partial charge in [-0.3, -0.25) is 4.79 Å². The first kappa shape index (κ1) is 12.8. The van der Waals surface area contributed by atoms with Crippen LogP contribution in [0.4, 0.5) is 10.1 Å². The molecule has 0 aromatic heterocycles. The van der Waals surface area contributed by atoms with E-state index in [-0.39, 0.29) is 11.7 Å². The monoisotopic (exact) mass is 270 g/mol. The van der Waals surface area contributed by atoms with Crippen LogP contribution in [0.5, 0.6) is 0 Å². The van der Waals surface area contributed by atoms with Gasteiger partial charge in [0.2, 0.25) is 0 Å². The third-order valence-corrected chi connectivity index (χ3v) is 3.47. The summed E-state index contributed by atoms with van der Waals surface area (Å²) in [4.78, 5) is 12.3. The SMILES string of the molecule is O=C(Nc1cccc(F)c1)c1cccc2c1CNCC2. The zero-order valence-electron chi connectivity index (χ0n) is 10.9. The standard InChI is InChI=1S/C16H15FN2O/c17-12-4-2-5-13(9-12)19-16(20)14-6-1-3-11-7-8-18-10-15(11)14/h1-6,9,18H,7-8,10H2,(H,19,20). The Morgan fingerprint density at radius 2 is 2.05 bits per heavy atom. The van der Waals surface area contributed by atoms with E-state index in [1.165, 1.54) is 17.7 Å². The molecule has 1 aliphatic rings. The predicted octanol–water partition coefficient (Wildman–Crippen LogP) is 2.72. The second-order valence-corrected chi connectivity index (χ2v) is 4.83. The lowest BCUT2D eigenvalue weighted by Gasteiger charge is -2.20. The second-order valence-electron chi connectivity index (χ2n) is 4.83. The number of benzene rings is 2. The zero-order chi connectivity index (χ0) is 13.9. The molecule has 0 saturated heterocycles. The lowest BCUT2D eigenvalue weighted by Crippen LogP contribution is -2.27. The molecule has 0 saturated carbocycles. The molecule has 3 rings (SSSR count). The quantitative estimate of drug-likeness (QED) is 0.881. The van der Waals surface area contributed by atoms with Crippen LogP contribution in [0.1, 0.15) is 21.5 Å². The van der Waals surface area contributed by atoms with Gasteiger partial charge >= 0.3 is 0 Å². The molecule has 2 aromatic carbocycles. The number of fused-ring (bicyclic) bond motifs is 1. The average Bonchev–Trinajstić information content (AvgIpc) is 2.46. The summed E-state index contributed by atoms with van der Waals surface area (Å²) in [7, 11) is 0. The van der Waals surface area contributed by atoms with Gasteiger partial charge in [-0.25, -0.2) is 4.39 Å². The number of hydrogen-bond donors (Lipinski definition) is 2. The van der Waals surface area contributed by atoms with Crippen LogP contribution in [0.15, 0.2) is 42.5 Å². The van der Waals surface area contributed by atoms with E-state index in [1.807, 2.05) is 6.07 Å². The van der Waals surface area contributed by atoms with E-state index in [9.17, 15) is 9.18 Å². The Bertz CT molecular complexity index is 655. The number of amides is 1. The molecule has 0 atom stereocenters. The first-order valence-corrected chi connectivity index (χ1v) is 6.62. The number of nitrogens with one attached hydrogen (secondary N) is 2. The van der Waals surface area contributed by atoms with Crippen molar-refractivity contribution < 1.29 is 9.18 Å². The van der Waals surface area contributed by atoms with Gasteiger partial charge in [-0.15, -0.1) is 0 Å². The normalized spacial score (nSPS) is 13.7. The molecule has 1 heterocycles. The van der Waals surface area contributed by atoms with Crippen molar-refractivity contribution in [3.05, 3.63) is 65.0 Å². The molecular weight excluding hydrogens is 255 g/mol. The topological polar surface area (TPSA) is 41.1 Å². The van der Waals surface area contributed by atoms with Crippen molar-refractivity contribution in [1.29, 1.82) is 0 Å². The second kappa shape index (κ2) is 5.43. The maximum Gasteiger partial charge on any atom is 0.256 e. The fourth-order valence-corrected chi connectivity index (χ4v) is 2.49. The molecule has 0 radical (unpaired) electrons. The Labute approximate surface area is 116 Å². The number of carbonyl (C=O) groups is 1. The minimum Gasteiger partial charge on any atom is -0.322 e.